The van der Waals surface area contributed by atoms with Gasteiger partial charge in [0.1, 0.15) is 11.6 Å². The van der Waals surface area contributed by atoms with Crippen LogP contribution >= 0.6 is 0 Å². The zero-order valence-electron chi connectivity index (χ0n) is 10.9. The van der Waals surface area contributed by atoms with Gasteiger partial charge in [-0.3, -0.25) is 0 Å². The minimum Gasteiger partial charge on any atom is -0.433 e. The number of nitrogens with zero attached hydrogens (tertiary/aromatic N) is 1. The number of alkyl halides is 2. The quantitative estimate of drug-likeness (QED) is 0.311. The second kappa shape index (κ2) is 5.94. The van der Waals surface area contributed by atoms with E-state index in [9.17, 15) is 8.78 Å². The standard InChI is InChI=1S/C13H17F2N3O2/c14-12(15)20-10-4-2-1-3-9(10)17-8-13(5-6-13)7-11(16)18-19/h1-4,12,17,19H,5-8H2,(H2,16,18). The van der Waals surface area contributed by atoms with Crippen molar-refractivity contribution < 1.29 is 18.7 Å². The summed E-state index contributed by atoms with van der Waals surface area (Å²) in [6.07, 6.45) is 2.39. The van der Waals surface area contributed by atoms with Crippen LogP contribution in [0.4, 0.5) is 14.5 Å². The summed E-state index contributed by atoms with van der Waals surface area (Å²) in [6.45, 7) is -2.29. The number of oxime groups is 1. The summed E-state index contributed by atoms with van der Waals surface area (Å²) < 4.78 is 29.0. The van der Waals surface area contributed by atoms with Crippen LogP contribution in [0.5, 0.6) is 5.75 Å². The number of para-hydroxylation sites is 2. The molecule has 1 aliphatic carbocycles. The van der Waals surface area contributed by atoms with Gasteiger partial charge in [0, 0.05) is 13.0 Å². The monoisotopic (exact) mass is 285 g/mol. The Labute approximate surface area is 115 Å². The highest BCUT2D eigenvalue weighted by Crippen LogP contribution is 2.49. The molecule has 20 heavy (non-hydrogen) atoms. The highest BCUT2D eigenvalue weighted by Gasteiger charge is 2.43. The Hall–Kier alpha value is -2.05. The van der Waals surface area contributed by atoms with Crippen LogP contribution in [0.2, 0.25) is 0 Å². The fourth-order valence-corrected chi connectivity index (χ4v) is 2.11. The van der Waals surface area contributed by atoms with Gasteiger partial charge in [-0.1, -0.05) is 17.3 Å². The lowest BCUT2D eigenvalue weighted by atomic mass is 10.0. The first-order valence-electron chi connectivity index (χ1n) is 6.29. The molecule has 5 nitrogen and oxygen atoms in total. The van der Waals surface area contributed by atoms with E-state index in [2.05, 4.69) is 15.2 Å². The number of nitrogens with two attached hydrogens (primary N) is 1. The van der Waals surface area contributed by atoms with Crippen molar-refractivity contribution in [2.45, 2.75) is 25.9 Å². The molecule has 0 bridgehead atoms. The van der Waals surface area contributed by atoms with Gasteiger partial charge < -0.3 is 21.0 Å². The maximum absolute atomic E-state index is 12.3. The van der Waals surface area contributed by atoms with Crippen molar-refractivity contribution in [3.8, 4) is 5.75 Å². The van der Waals surface area contributed by atoms with E-state index in [1.54, 1.807) is 18.2 Å². The van der Waals surface area contributed by atoms with Crippen LogP contribution in [0.15, 0.2) is 29.4 Å². The van der Waals surface area contributed by atoms with Crippen molar-refractivity contribution in [3.63, 3.8) is 0 Å². The van der Waals surface area contributed by atoms with Crippen LogP contribution in [0.1, 0.15) is 19.3 Å². The molecule has 7 heteroatoms. The molecule has 0 amide bonds. The number of hydrogen-bond acceptors (Lipinski definition) is 4. The van der Waals surface area contributed by atoms with Crippen LogP contribution < -0.4 is 15.8 Å². The maximum atomic E-state index is 12.3. The fourth-order valence-electron chi connectivity index (χ4n) is 2.11. The van der Waals surface area contributed by atoms with Gasteiger partial charge in [0.05, 0.1) is 5.69 Å². The van der Waals surface area contributed by atoms with E-state index in [1.807, 2.05) is 0 Å². The third-order valence-corrected chi connectivity index (χ3v) is 3.40. The summed E-state index contributed by atoms with van der Waals surface area (Å²) in [4.78, 5) is 0. The molecule has 0 unspecified atom stereocenters. The first-order chi connectivity index (χ1) is 9.54. The van der Waals surface area contributed by atoms with Crippen LogP contribution in [-0.2, 0) is 0 Å². The molecule has 1 fully saturated rings. The Morgan fingerprint density at radius 1 is 1.45 bits per heavy atom. The van der Waals surface area contributed by atoms with Gasteiger partial charge in [-0.05, 0) is 30.4 Å². The lowest BCUT2D eigenvalue weighted by molar-refractivity contribution is -0.0493. The first-order valence-corrected chi connectivity index (χ1v) is 6.29. The van der Waals surface area contributed by atoms with Gasteiger partial charge in [-0.25, -0.2) is 0 Å². The second-order valence-electron chi connectivity index (χ2n) is 5.00. The zero-order valence-corrected chi connectivity index (χ0v) is 10.9. The van der Waals surface area contributed by atoms with E-state index in [0.29, 0.717) is 18.7 Å². The summed E-state index contributed by atoms with van der Waals surface area (Å²) in [7, 11) is 0. The Kier molecular flexibility index (Phi) is 4.26. The number of benzene rings is 1. The number of ether oxygens (including phenoxy) is 1. The molecule has 0 aromatic heterocycles. The first kappa shape index (κ1) is 14.4. The molecule has 2 rings (SSSR count). The van der Waals surface area contributed by atoms with E-state index >= 15 is 0 Å². The molecule has 0 radical (unpaired) electrons. The summed E-state index contributed by atoms with van der Waals surface area (Å²) in [6, 6.07) is 6.53. The van der Waals surface area contributed by atoms with Crippen LogP contribution in [-0.4, -0.2) is 24.2 Å². The molecule has 1 aromatic rings. The Bertz CT molecular complexity index is 490. The SMILES string of the molecule is NC(CC1(CNc2ccccc2OC(F)F)CC1)=NO. The van der Waals surface area contributed by atoms with Gasteiger partial charge in [0.25, 0.3) is 0 Å². The lowest BCUT2D eigenvalue weighted by Crippen LogP contribution is -2.24. The summed E-state index contributed by atoms with van der Waals surface area (Å²) in [5.41, 5.74) is 5.96. The topological polar surface area (TPSA) is 79.9 Å². The van der Waals surface area contributed by atoms with Crippen molar-refractivity contribution in [1.82, 2.24) is 0 Å². The number of halogens is 2. The molecule has 0 aliphatic heterocycles. The molecule has 0 saturated heterocycles. The van der Waals surface area contributed by atoms with Gasteiger partial charge in [0.15, 0.2) is 0 Å². The Morgan fingerprint density at radius 2 is 2.15 bits per heavy atom. The largest absolute Gasteiger partial charge is 0.433 e. The molecule has 0 spiro atoms. The fraction of sp³-hybridized carbons (Fsp3) is 0.462. The molecule has 0 atom stereocenters. The normalized spacial score (nSPS) is 17.1. The number of rotatable bonds is 7. The highest BCUT2D eigenvalue weighted by molar-refractivity contribution is 5.80. The summed E-state index contributed by atoms with van der Waals surface area (Å²) >= 11 is 0. The van der Waals surface area contributed by atoms with E-state index in [-0.39, 0.29) is 17.0 Å². The molecule has 1 aliphatic rings. The minimum absolute atomic E-state index is 0.0613. The maximum Gasteiger partial charge on any atom is 0.387 e. The van der Waals surface area contributed by atoms with Crippen molar-refractivity contribution in [2.24, 2.45) is 16.3 Å². The molecule has 1 aromatic carbocycles. The van der Waals surface area contributed by atoms with Crippen molar-refractivity contribution in [2.75, 3.05) is 11.9 Å². The van der Waals surface area contributed by atoms with Gasteiger partial charge in [-0.15, -0.1) is 0 Å². The molecule has 4 N–H and O–H groups in total. The third-order valence-electron chi connectivity index (χ3n) is 3.40. The van der Waals surface area contributed by atoms with Crippen LogP contribution in [0, 0.1) is 5.41 Å². The van der Waals surface area contributed by atoms with Crippen molar-refractivity contribution in [1.29, 1.82) is 0 Å². The smallest absolute Gasteiger partial charge is 0.387 e. The number of anilines is 1. The number of nitrogens with one attached hydrogen (secondary N) is 1. The van der Waals surface area contributed by atoms with Crippen molar-refractivity contribution in [3.05, 3.63) is 24.3 Å². The predicted molar refractivity (Wildman–Crippen MR) is 71.3 cm³/mol. The van der Waals surface area contributed by atoms with E-state index in [1.165, 1.54) is 6.07 Å². The average molecular weight is 285 g/mol. The van der Waals surface area contributed by atoms with E-state index in [0.717, 1.165) is 12.8 Å². The van der Waals surface area contributed by atoms with Crippen molar-refractivity contribution >= 4 is 11.5 Å². The zero-order chi connectivity index (χ0) is 14.6. The molecular weight excluding hydrogens is 268 g/mol. The van der Waals surface area contributed by atoms with Gasteiger partial charge >= 0.3 is 6.61 Å². The number of hydrogen-bond donors (Lipinski definition) is 3. The Balaban J connectivity index is 1.97. The second-order valence-corrected chi connectivity index (χ2v) is 5.00. The van der Waals surface area contributed by atoms with E-state index in [4.69, 9.17) is 10.9 Å². The van der Waals surface area contributed by atoms with E-state index < -0.39 is 6.61 Å². The highest BCUT2D eigenvalue weighted by atomic mass is 19.3. The van der Waals surface area contributed by atoms with Gasteiger partial charge in [0.2, 0.25) is 0 Å². The molecular formula is C13H17F2N3O2. The average Bonchev–Trinajstić information content (AvgIpc) is 3.17. The van der Waals surface area contributed by atoms with Crippen LogP contribution in [0.3, 0.4) is 0 Å². The summed E-state index contributed by atoms with van der Waals surface area (Å²) in [5, 5.41) is 14.7. The van der Waals surface area contributed by atoms with Gasteiger partial charge in [-0.2, -0.15) is 8.78 Å². The minimum atomic E-state index is -2.86. The molecule has 1 saturated carbocycles. The Morgan fingerprint density at radius 3 is 2.75 bits per heavy atom. The van der Waals surface area contributed by atoms with Crippen LogP contribution in [0.25, 0.3) is 0 Å². The molecule has 0 heterocycles. The number of amidine groups is 1. The lowest BCUT2D eigenvalue weighted by Gasteiger charge is -2.18. The summed E-state index contributed by atoms with van der Waals surface area (Å²) in [5.74, 6) is 0.295. The molecule has 110 valence electrons. The third kappa shape index (κ3) is 3.72. The predicted octanol–water partition coefficient (Wildman–Crippen LogP) is 2.62.